The summed E-state index contributed by atoms with van der Waals surface area (Å²) in [5.74, 6) is 1.43. The lowest BCUT2D eigenvalue weighted by Gasteiger charge is -2.24. The molecule has 2 aliphatic rings. The van der Waals surface area contributed by atoms with Gasteiger partial charge >= 0.3 is 0 Å². The molecule has 2 aliphatic heterocycles. The number of aromatic nitrogens is 1. The summed E-state index contributed by atoms with van der Waals surface area (Å²) in [6.07, 6.45) is 10.8. The van der Waals surface area contributed by atoms with Gasteiger partial charge in [-0.05, 0) is 158 Å². The first-order valence-electron chi connectivity index (χ1n) is 29.1. The Bertz CT molecular complexity index is 4620. The molecule has 0 amide bonds. The molecule has 85 heavy (non-hydrogen) atoms. The van der Waals surface area contributed by atoms with Gasteiger partial charge in [0.25, 0.3) is 0 Å². The smallest absolute Gasteiger partial charge is 0.159 e. The van der Waals surface area contributed by atoms with Crippen LogP contribution in [0.15, 0.2) is 330 Å². The second-order valence-electron chi connectivity index (χ2n) is 21.7. The van der Waals surface area contributed by atoms with Crippen molar-refractivity contribution in [1.29, 1.82) is 0 Å². The first-order valence-corrected chi connectivity index (χ1v) is 30.0. The molecule has 5 heteroatoms. The van der Waals surface area contributed by atoms with E-state index in [2.05, 4.69) is 333 Å². The second kappa shape index (κ2) is 23.5. The molecule has 1 aromatic heterocycles. The Morgan fingerprint density at radius 2 is 0.918 bits per heavy atom. The van der Waals surface area contributed by atoms with Crippen molar-refractivity contribution in [3.63, 3.8) is 0 Å². The minimum atomic E-state index is -0.423. The average molecular weight is 1110 g/mol. The Balaban J connectivity index is 0.784. The van der Waals surface area contributed by atoms with Gasteiger partial charge in [0.05, 0.1) is 16.3 Å². The van der Waals surface area contributed by atoms with Crippen molar-refractivity contribution in [3.05, 3.63) is 348 Å². The van der Waals surface area contributed by atoms with Crippen molar-refractivity contribution in [2.24, 2.45) is 9.98 Å². The SMILES string of the molecule is C/C=C(\C=C(/C)C1=CC=CC(c2cccc(-c3ccc(C4=NC(c5cccc(-c6cccc(-c7cccc(-c8ccccc8)c7)c6)c5)NC(c5cccc(-c6cccc(-n7c8ccccc8c8ccccc87)c6)c5)=N4)cc3)c2)S1)c1ccccc1. The second-order valence-corrected chi connectivity index (χ2v) is 22.9. The third-order valence-electron chi connectivity index (χ3n) is 16.3. The third kappa shape index (κ3) is 11.0. The lowest BCUT2D eigenvalue weighted by Crippen LogP contribution is -2.33. The minimum absolute atomic E-state index is 0.184. The number of nitrogens with one attached hydrogen (secondary N) is 1. The van der Waals surface area contributed by atoms with E-state index in [1.165, 1.54) is 76.8 Å². The molecule has 0 radical (unpaired) electrons. The van der Waals surface area contributed by atoms with Crippen LogP contribution < -0.4 is 5.32 Å². The number of benzene rings is 11. The Labute approximate surface area is 502 Å². The number of nitrogens with zero attached hydrogens (tertiary/aromatic N) is 3. The van der Waals surface area contributed by atoms with E-state index < -0.39 is 6.17 Å². The lowest BCUT2D eigenvalue weighted by atomic mass is 9.95. The molecule has 0 saturated heterocycles. The van der Waals surface area contributed by atoms with Crippen molar-refractivity contribution >= 4 is 50.8 Å². The molecule has 1 N–H and O–H groups in total. The topological polar surface area (TPSA) is 41.7 Å². The van der Waals surface area contributed by atoms with Crippen LogP contribution in [0.3, 0.4) is 0 Å². The molecular weight excluding hydrogens is 1050 g/mol. The average Bonchev–Trinajstić information content (AvgIpc) is 3.91. The molecule has 14 rings (SSSR count). The number of rotatable bonds is 13. The van der Waals surface area contributed by atoms with Crippen molar-refractivity contribution in [2.75, 3.05) is 0 Å². The summed E-state index contributed by atoms with van der Waals surface area (Å²) in [7, 11) is 0. The Morgan fingerprint density at radius 3 is 1.56 bits per heavy atom. The van der Waals surface area contributed by atoms with Gasteiger partial charge in [0.15, 0.2) is 5.84 Å². The summed E-state index contributed by atoms with van der Waals surface area (Å²) in [6, 6.07) is 100. The Kier molecular flexibility index (Phi) is 14.6. The van der Waals surface area contributed by atoms with Gasteiger partial charge in [-0.25, -0.2) is 9.98 Å². The van der Waals surface area contributed by atoms with Crippen molar-refractivity contribution in [2.45, 2.75) is 25.3 Å². The van der Waals surface area contributed by atoms with E-state index >= 15 is 0 Å². The summed E-state index contributed by atoms with van der Waals surface area (Å²) in [6.45, 7) is 4.33. The van der Waals surface area contributed by atoms with Crippen LogP contribution in [0.4, 0.5) is 0 Å². The standard InChI is InChI=1S/C80H60N4S/c1-3-55(56-21-6-4-7-22-56)47-54(2)76-41-20-42-77(85-76)68-33-16-26-61(50-68)58-43-45-59(46-44-58)78-81-79(69-34-17-30-65(51-69)64-29-15-28-63(49-64)62-27-14-25-60(48-62)57-23-8-5-9-24-57)83-80(82-78)70-35-18-31-66(52-70)67-32-19-36-71(53-67)84-74-39-12-10-37-72(74)73-38-11-13-40-75(73)84/h3-53,77,79H,1-2H3,(H,81,82,83)/b54-47+,55-3+. The molecular formula is C80H60N4S. The maximum Gasteiger partial charge on any atom is 0.159 e. The molecule has 0 saturated carbocycles. The van der Waals surface area contributed by atoms with Gasteiger partial charge in [-0.1, -0.05) is 249 Å². The highest BCUT2D eigenvalue weighted by Gasteiger charge is 2.23. The van der Waals surface area contributed by atoms with Gasteiger partial charge in [-0.15, -0.1) is 11.8 Å². The highest BCUT2D eigenvalue weighted by atomic mass is 32.2. The highest BCUT2D eigenvalue weighted by Crippen LogP contribution is 2.43. The summed E-state index contributed by atoms with van der Waals surface area (Å²) >= 11 is 1.90. The van der Waals surface area contributed by atoms with E-state index in [0.717, 1.165) is 56.0 Å². The monoisotopic (exact) mass is 1110 g/mol. The molecule has 11 aromatic carbocycles. The van der Waals surface area contributed by atoms with Gasteiger partial charge < -0.3 is 9.88 Å². The predicted octanol–water partition coefficient (Wildman–Crippen LogP) is 20.9. The van der Waals surface area contributed by atoms with Gasteiger partial charge in [0, 0.05) is 32.5 Å². The zero-order valence-electron chi connectivity index (χ0n) is 47.3. The molecule has 4 nitrogen and oxygen atoms in total. The molecule has 0 aliphatic carbocycles. The summed E-state index contributed by atoms with van der Waals surface area (Å²) in [4.78, 5) is 12.1. The maximum absolute atomic E-state index is 5.44. The van der Waals surface area contributed by atoms with Crippen LogP contribution >= 0.6 is 11.8 Å². The number of para-hydroxylation sites is 2. The van der Waals surface area contributed by atoms with Crippen LogP contribution in [-0.2, 0) is 0 Å². The zero-order valence-corrected chi connectivity index (χ0v) is 48.2. The fourth-order valence-corrected chi connectivity index (χ4v) is 13.0. The number of thioether (sulfide) groups is 1. The molecule has 2 unspecified atom stereocenters. The normalized spacial score (nSPS) is 15.3. The summed E-state index contributed by atoms with van der Waals surface area (Å²) in [5, 5.41) is 6.49. The minimum Gasteiger partial charge on any atom is -0.344 e. The number of hydrogen-bond acceptors (Lipinski definition) is 4. The first-order chi connectivity index (χ1) is 42.0. The van der Waals surface area contributed by atoms with E-state index in [0.29, 0.717) is 5.84 Å². The lowest BCUT2D eigenvalue weighted by molar-refractivity contribution is 0.674. The van der Waals surface area contributed by atoms with Gasteiger partial charge in [-0.2, -0.15) is 0 Å². The number of hydrogen-bond donors (Lipinski definition) is 1. The Morgan fingerprint density at radius 1 is 0.447 bits per heavy atom. The molecule has 406 valence electrons. The van der Waals surface area contributed by atoms with E-state index in [-0.39, 0.29) is 5.25 Å². The highest BCUT2D eigenvalue weighted by molar-refractivity contribution is 8.03. The fourth-order valence-electron chi connectivity index (χ4n) is 11.9. The fraction of sp³-hybridized carbons (Fsp3) is 0.0500. The van der Waals surface area contributed by atoms with Gasteiger partial charge in [0.1, 0.15) is 12.0 Å². The maximum atomic E-state index is 5.44. The Hall–Kier alpha value is -10.3. The first kappa shape index (κ1) is 52.7. The van der Waals surface area contributed by atoms with Gasteiger partial charge in [0.2, 0.25) is 0 Å². The predicted molar refractivity (Wildman–Crippen MR) is 361 cm³/mol. The van der Waals surface area contributed by atoms with E-state index in [4.69, 9.17) is 9.98 Å². The molecule has 0 bridgehead atoms. The van der Waals surface area contributed by atoms with Crippen LogP contribution in [-0.4, -0.2) is 16.2 Å². The number of fused-ring (bicyclic) bond motifs is 3. The van der Waals surface area contributed by atoms with Crippen molar-refractivity contribution in [3.8, 4) is 61.3 Å². The molecule has 3 heterocycles. The number of allylic oxidation sites excluding steroid dienone is 6. The number of amidine groups is 2. The summed E-state index contributed by atoms with van der Waals surface area (Å²) < 4.78 is 2.38. The van der Waals surface area contributed by atoms with Crippen LogP contribution in [0.1, 0.15) is 53.1 Å². The van der Waals surface area contributed by atoms with Gasteiger partial charge in [-0.3, -0.25) is 0 Å². The molecule has 0 spiro atoms. The number of aliphatic imine (C=N–C) groups is 2. The van der Waals surface area contributed by atoms with Crippen LogP contribution in [0, 0.1) is 0 Å². The molecule has 0 fully saturated rings. The molecule has 12 aromatic rings. The zero-order chi connectivity index (χ0) is 57.1. The van der Waals surface area contributed by atoms with E-state index in [9.17, 15) is 0 Å². The van der Waals surface area contributed by atoms with Crippen molar-refractivity contribution < 1.29 is 0 Å². The quantitative estimate of drug-likeness (QED) is 0.117. The van der Waals surface area contributed by atoms with E-state index in [1.54, 1.807) is 0 Å². The summed E-state index contributed by atoms with van der Waals surface area (Å²) in [5.41, 5.74) is 22.9. The van der Waals surface area contributed by atoms with Crippen molar-refractivity contribution in [1.82, 2.24) is 9.88 Å². The third-order valence-corrected chi connectivity index (χ3v) is 17.7. The molecule has 2 atom stereocenters. The van der Waals surface area contributed by atoms with E-state index in [1.807, 2.05) is 11.8 Å². The van der Waals surface area contributed by atoms with Crippen LogP contribution in [0.5, 0.6) is 0 Å². The largest absolute Gasteiger partial charge is 0.344 e. The van der Waals surface area contributed by atoms with Crippen LogP contribution in [0.2, 0.25) is 0 Å². The van der Waals surface area contributed by atoms with Crippen LogP contribution in [0.25, 0.3) is 88.7 Å².